The van der Waals surface area contributed by atoms with Crippen molar-refractivity contribution < 1.29 is 4.74 Å². The van der Waals surface area contributed by atoms with Gasteiger partial charge in [-0.05, 0) is 83.7 Å². The van der Waals surface area contributed by atoms with Crippen LogP contribution in [0.2, 0.25) is 0 Å². The molecule has 0 fully saturated rings. The Labute approximate surface area is 237 Å². The van der Waals surface area contributed by atoms with E-state index in [1.165, 1.54) is 70.9 Å². The molecule has 0 radical (unpaired) electrons. The molecule has 41 heavy (non-hydrogen) atoms. The molecular formula is C40H24O. The van der Waals surface area contributed by atoms with Gasteiger partial charge in [-0.3, -0.25) is 0 Å². The third-order valence-corrected chi connectivity index (χ3v) is 8.65. The molecular weight excluding hydrogens is 496 g/mol. The van der Waals surface area contributed by atoms with E-state index in [2.05, 4.69) is 140 Å². The first-order chi connectivity index (χ1) is 20.3. The van der Waals surface area contributed by atoms with Crippen molar-refractivity contribution in [2.75, 3.05) is 0 Å². The summed E-state index contributed by atoms with van der Waals surface area (Å²) in [5.41, 5.74) is 7.38. The highest BCUT2D eigenvalue weighted by Gasteiger charge is 2.22. The highest BCUT2D eigenvalue weighted by molar-refractivity contribution is 6.21. The molecule has 0 saturated carbocycles. The fourth-order valence-electron chi connectivity index (χ4n) is 6.87. The predicted octanol–water partition coefficient (Wildman–Crippen LogP) is 11.4. The van der Waals surface area contributed by atoms with E-state index >= 15 is 0 Å². The van der Waals surface area contributed by atoms with Crippen molar-refractivity contribution >= 4 is 43.1 Å². The number of para-hydroxylation sites is 1. The fraction of sp³-hybridized carbons (Fsp3) is 0. The number of rotatable bonds is 2. The van der Waals surface area contributed by atoms with Crippen molar-refractivity contribution in [2.24, 2.45) is 0 Å². The number of hydrogen-bond donors (Lipinski definition) is 0. The van der Waals surface area contributed by atoms with Crippen LogP contribution in [0.15, 0.2) is 146 Å². The standard InChI is InChI=1S/C40H24O/c1-3-13-27-25(10-1)12-7-17-32(27)39-28-14-4-2-11-26(28)24-36-29(16-8-18-34(36)39)30-22-23-35-31-15-5-6-20-37(31)41-38-21-9-19-33(30)40(35)38/h1-24H. The molecule has 1 heterocycles. The third kappa shape index (κ3) is 3.24. The Hall–Kier alpha value is -5.40. The molecule has 8 aromatic carbocycles. The molecule has 1 nitrogen and oxygen atoms in total. The zero-order chi connectivity index (χ0) is 26.9. The van der Waals surface area contributed by atoms with Crippen LogP contribution < -0.4 is 4.74 Å². The maximum Gasteiger partial charge on any atom is 0.135 e. The lowest BCUT2D eigenvalue weighted by molar-refractivity contribution is 0.487. The van der Waals surface area contributed by atoms with Crippen LogP contribution in [0.25, 0.3) is 76.5 Å². The molecule has 1 aliphatic heterocycles. The largest absolute Gasteiger partial charge is 0.456 e. The van der Waals surface area contributed by atoms with Gasteiger partial charge in [-0.15, -0.1) is 0 Å². The van der Waals surface area contributed by atoms with Gasteiger partial charge in [0.2, 0.25) is 0 Å². The maximum absolute atomic E-state index is 6.40. The van der Waals surface area contributed by atoms with Crippen LogP contribution in [-0.2, 0) is 0 Å². The molecule has 0 unspecified atom stereocenters. The lowest BCUT2D eigenvalue weighted by Crippen LogP contribution is -1.97. The Bertz CT molecular complexity index is 2340. The Kier molecular flexibility index (Phi) is 4.67. The summed E-state index contributed by atoms with van der Waals surface area (Å²) in [5, 5.41) is 9.96. The van der Waals surface area contributed by atoms with Gasteiger partial charge in [0.05, 0.1) is 0 Å². The summed E-state index contributed by atoms with van der Waals surface area (Å²) in [4.78, 5) is 0. The molecule has 0 spiro atoms. The van der Waals surface area contributed by atoms with Crippen molar-refractivity contribution in [1.29, 1.82) is 0 Å². The minimum Gasteiger partial charge on any atom is -0.456 e. The number of benzene rings is 8. The summed E-state index contributed by atoms with van der Waals surface area (Å²) >= 11 is 0. The summed E-state index contributed by atoms with van der Waals surface area (Å²) < 4.78 is 6.40. The van der Waals surface area contributed by atoms with E-state index in [9.17, 15) is 0 Å². The SMILES string of the molecule is c1ccc2c(c1)Oc1cccc3c(-c4cccc5c(-c6cccc7ccccc67)c6ccccc6cc45)ccc-2c13. The molecule has 0 amide bonds. The van der Waals surface area contributed by atoms with Gasteiger partial charge in [0, 0.05) is 10.9 Å². The molecule has 9 rings (SSSR count). The Morgan fingerprint density at radius 1 is 0.317 bits per heavy atom. The molecule has 0 atom stereocenters. The van der Waals surface area contributed by atoms with E-state index in [4.69, 9.17) is 4.74 Å². The second-order valence-electron chi connectivity index (χ2n) is 10.8. The first-order valence-corrected chi connectivity index (χ1v) is 14.1. The van der Waals surface area contributed by atoms with Crippen LogP contribution in [0.4, 0.5) is 0 Å². The van der Waals surface area contributed by atoms with Gasteiger partial charge in [0.1, 0.15) is 11.5 Å². The van der Waals surface area contributed by atoms with Crippen LogP contribution in [0.5, 0.6) is 11.5 Å². The van der Waals surface area contributed by atoms with Crippen molar-refractivity contribution in [3.05, 3.63) is 146 Å². The van der Waals surface area contributed by atoms with Crippen LogP contribution in [0, 0.1) is 0 Å². The van der Waals surface area contributed by atoms with Gasteiger partial charge in [-0.25, -0.2) is 0 Å². The van der Waals surface area contributed by atoms with Gasteiger partial charge in [-0.2, -0.15) is 0 Å². The van der Waals surface area contributed by atoms with Crippen molar-refractivity contribution in [3.63, 3.8) is 0 Å². The van der Waals surface area contributed by atoms with E-state index in [-0.39, 0.29) is 0 Å². The molecule has 0 N–H and O–H groups in total. The smallest absolute Gasteiger partial charge is 0.135 e. The van der Waals surface area contributed by atoms with E-state index in [0.29, 0.717) is 0 Å². The van der Waals surface area contributed by atoms with Gasteiger partial charge in [0.25, 0.3) is 0 Å². The highest BCUT2D eigenvalue weighted by atomic mass is 16.5. The summed E-state index contributed by atoms with van der Waals surface area (Å²) in [6, 6.07) is 52.6. The molecule has 190 valence electrons. The van der Waals surface area contributed by atoms with E-state index in [1.54, 1.807) is 0 Å². The van der Waals surface area contributed by atoms with Crippen molar-refractivity contribution in [3.8, 4) is 44.9 Å². The Morgan fingerprint density at radius 3 is 1.85 bits per heavy atom. The van der Waals surface area contributed by atoms with Crippen LogP contribution in [-0.4, -0.2) is 0 Å². The summed E-state index contributed by atoms with van der Waals surface area (Å²) in [6.07, 6.45) is 0. The normalized spacial score (nSPS) is 12.1. The first-order valence-electron chi connectivity index (χ1n) is 14.1. The maximum atomic E-state index is 6.40. The number of hydrogen-bond acceptors (Lipinski definition) is 1. The summed E-state index contributed by atoms with van der Waals surface area (Å²) in [7, 11) is 0. The second-order valence-corrected chi connectivity index (χ2v) is 10.8. The average molecular weight is 521 g/mol. The first kappa shape index (κ1) is 22.4. The summed E-state index contributed by atoms with van der Waals surface area (Å²) in [5.74, 6) is 1.83. The monoisotopic (exact) mass is 520 g/mol. The van der Waals surface area contributed by atoms with E-state index in [1.807, 2.05) is 6.07 Å². The molecule has 0 aromatic heterocycles. The topological polar surface area (TPSA) is 9.23 Å². The zero-order valence-electron chi connectivity index (χ0n) is 22.3. The lowest BCUT2D eigenvalue weighted by atomic mass is 9.85. The molecule has 0 saturated heterocycles. The van der Waals surface area contributed by atoms with Gasteiger partial charge in [-0.1, -0.05) is 127 Å². The van der Waals surface area contributed by atoms with Crippen molar-refractivity contribution in [1.82, 2.24) is 0 Å². The van der Waals surface area contributed by atoms with Gasteiger partial charge in [0.15, 0.2) is 0 Å². The number of ether oxygens (including phenoxy) is 1. The predicted molar refractivity (Wildman–Crippen MR) is 173 cm³/mol. The molecule has 1 heteroatoms. The average Bonchev–Trinajstić information content (AvgIpc) is 3.03. The number of fused-ring (bicyclic) bond motifs is 5. The Morgan fingerprint density at radius 2 is 0.902 bits per heavy atom. The van der Waals surface area contributed by atoms with E-state index < -0.39 is 0 Å². The molecule has 1 aliphatic rings. The van der Waals surface area contributed by atoms with Crippen LogP contribution in [0.1, 0.15) is 0 Å². The summed E-state index contributed by atoms with van der Waals surface area (Å²) in [6.45, 7) is 0. The zero-order valence-corrected chi connectivity index (χ0v) is 22.3. The highest BCUT2D eigenvalue weighted by Crippen LogP contribution is 2.50. The lowest BCUT2D eigenvalue weighted by Gasteiger charge is -2.23. The quantitative estimate of drug-likeness (QED) is 0.206. The third-order valence-electron chi connectivity index (χ3n) is 8.65. The fourth-order valence-corrected chi connectivity index (χ4v) is 6.87. The van der Waals surface area contributed by atoms with E-state index in [0.717, 1.165) is 17.1 Å². The molecule has 0 aliphatic carbocycles. The minimum absolute atomic E-state index is 0.914. The van der Waals surface area contributed by atoms with Gasteiger partial charge >= 0.3 is 0 Å². The van der Waals surface area contributed by atoms with Crippen molar-refractivity contribution in [2.45, 2.75) is 0 Å². The Balaban J connectivity index is 1.39. The molecule has 0 bridgehead atoms. The second kappa shape index (κ2) is 8.55. The minimum atomic E-state index is 0.914. The van der Waals surface area contributed by atoms with Crippen LogP contribution >= 0.6 is 0 Å². The van der Waals surface area contributed by atoms with Crippen LogP contribution in [0.3, 0.4) is 0 Å². The van der Waals surface area contributed by atoms with Gasteiger partial charge < -0.3 is 4.74 Å². The molecule has 8 aromatic rings.